The lowest BCUT2D eigenvalue weighted by atomic mass is 10.1. The Hall–Kier alpha value is -2.34. The number of nitrogens with zero attached hydrogens (tertiary/aromatic N) is 1. The van der Waals surface area contributed by atoms with Gasteiger partial charge in [-0.05, 0) is 62.2 Å². The SMILES string of the molecule is CCOc1ccc(Br)cc1/C=N/NC(=O)COc1ccc(C)c(C)c1. The minimum atomic E-state index is -0.331. The average Bonchev–Trinajstić information content (AvgIpc) is 2.58. The summed E-state index contributed by atoms with van der Waals surface area (Å²) in [5.41, 5.74) is 5.52. The molecular formula is C19H21BrN2O3. The fourth-order valence-corrected chi connectivity index (χ4v) is 2.44. The molecule has 2 aromatic carbocycles. The van der Waals surface area contributed by atoms with Gasteiger partial charge in [-0.15, -0.1) is 0 Å². The van der Waals surface area contributed by atoms with E-state index in [9.17, 15) is 4.79 Å². The highest BCUT2D eigenvalue weighted by Crippen LogP contribution is 2.21. The minimum Gasteiger partial charge on any atom is -0.493 e. The smallest absolute Gasteiger partial charge is 0.277 e. The van der Waals surface area contributed by atoms with Crippen LogP contribution >= 0.6 is 15.9 Å². The molecule has 0 spiro atoms. The number of amides is 1. The van der Waals surface area contributed by atoms with Gasteiger partial charge in [0.1, 0.15) is 11.5 Å². The normalized spacial score (nSPS) is 10.7. The number of carbonyl (C=O) groups excluding carboxylic acids is 1. The van der Waals surface area contributed by atoms with Gasteiger partial charge in [0.05, 0.1) is 12.8 Å². The molecule has 0 saturated heterocycles. The van der Waals surface area contributed by atoms with Gasteiger partial charge in [-0.3, -0.25) is 4.79 Å². The molecule has 25 heavy (non-hydrogen) atoms. The number of hydrazone groups is 1. The van der Waals surface area contributed by atoms with Crippen LogP contribution in [0.4, 0.5) is 0 Å². The van der Waals surface area contributed by atoms with Gasteiger partial charge in [0.25, 0.3) is 5.91 Å². The second-order valence-electron chi connectivity index (χ2n) is 5.44. The summed E-state index contributed by atoms with van der Waals surface area (Å²) < 4.78 is 11.9. The van der Waals surface area contributed by atoms with Crippen molar-refractivity contribution in [2.24, 2.45) is 5.10 Å². The molecule has 0 aliphatic carbocycles. The Kier molecular flexibility index (Phi) is 7.01. The van der Waals surface area contributed by atoms with Crippen molar-refractivity contribution in [1.29, 1.82) is 0 Å². The van der Waals surface area contributed by atoms with Gasteiger partial charge < -0.3 is 9.47 Å². The van der Waals surface area contributed by atoms with Crippen molar-refractivity contribution in [3.63, 3.8) is 0 Å². The summed E-state index contributed by atoms with van der Waals surface area (Å²) in [6.45, 7) is 6.39. The average molecular weight is 405 g/mol. The van der Waals surface area contributed by atoms with Crippen LogP contribution in [0.15, 0.2) is 46.0 Å². The van der Waals surface area contributed by atoms with Gasteiger partial charge in [0.15, 0.2) is 6.61 Å². The first-order valence-electron chi connectivity index (χ1n) is 7.94. The summed E-state index contributed by atoms with van der Waals surface area (Å²) in [5, 5.41) is 3.96. The van der Waals surface area contributed by atoms with Gasteiger partial charge in [0, 0.05) is 10.0 Å². The lowest BCUT2D eigenvalue weighted by Crippen LogP contribution is -2.24. The summed E-state index contributed by atoms with van der Waals surface area (Å²) in [6, 6.07) is 11.3. The van der Waals surface area contributed by atoms with Crippen molar-refractivity contribution < 1.29 is 14.3 Å². The van der Waals surface area contributed by atoms with Crippen LogP contribution in [0.3, 0.4) is 0 Å². The molecule has 0 aliphatic heterocycles. The molecule has 0 unspecified atom stereocenters. The highest BCUT2D eigenvalue weighted by molar-refractivity contribution is 9.10. The first-order chi connectivity index (χ1) is 12.0. The van der Waals surface area contributed by atoms with Crippen LogP contribution in [0.1, 0.15) is 23.6 Å². The number of halogens is 1. The quantitative estimate of drug-likeness (QED) is 0.560. The van der Waals surface area contributed by atoms with E-state index in [1.807, 2.05) is 57.2 Å². The lowest BCUT2D eigenvalue weighted by molar-refractivity contribution is -0.123. The predicted molar refractivity (Wildman–Crippen MR) is 102 cm³/mol. The molecule has 0 saturated carbocycles. The van der Waals surface area contributed by atoms with Gasteiger partial charge in [0.2, 0.25) is 0 Å². The Morgan fingerprint density at radius 2 is 1.96 bits per heavy atom. The number of nitrogens with one attached hydrogen (secondary N) is 1. The van der Waals surface area contributed by atoms with E-state index >= 15 is 0 Å². The monoisotopic (exact) mass is 404 g/mol. The Balaban J connectivity index is 1.90. The molecule has 0 fully saturated rings. The Bertz CT molecular complexity index is 775. The van der Waals surface area contributed by atoms with E-state index in [0.29, 0.717) is 18.1 Å². The van der Waals surface area contributed by atoms with Gasteiger partial charge >= 0.3 is 0 Å². The van der Waals surface area contributed by atoms with Crippen molar-refractivity contribution in [3.05, 3.63) is 57.6 Å². The first kappa shape index (κ1) is 19.0. The number of hydrogen-bond donors (Lipinski definition) is 1. The molecular weight excluding hydrogens is 384 g/mol. The molecule has 1 amide bonds. The summed E-state index contributed by atoms with van der Waals surface area (Å²) in [7, 11) is 0. The van der Waals surface area contributed by atoms with Gasteiger partial charge in [-0.1, -0.05) is 22.0 Å². The Morgan fingerprint density at radius 1 is 1.16 bits per heavy atom. The van der Waals surface area contributed by atoms with Gasteiger partial charge in [-0.2, -0.15) is 5.10 Å². The summed E-state index contributed by atoms with van der Waals surface area (Å²) in [4.78, 5) is 11.8. The zero-order valence-electron chi connectivity index (χ0n) is 14.5. The molecule has 1 N–H and O–H groups in total. The van der Waals surface area contributed by atoms with E-state index in [0.717, 1.165) is 15.6 Å². The maximum Gasteiger partial charge on any atom is 0.277 e. The number of aryl methyl sites for hydroxylation is 2. The van der Waals surface area contributed by atoms with Crippen molar-refractivity contribution in [1.82, 2.24) is 5.43 Å². The van der Waals surface area contributed by atoms with Crippen molar-refractivity contribution in [3.8, 4) is 11.5 Å². The van der Waals surface area contributed by atoms with Crippen molar-refractivity contribution in [2.75, 3.05) is 13.2 Å². The van der Waals surface area contributed by atoms with Crippen LogP contribution in [0, 0.1) is 13.8 Å². The fraction of sp³-hybridized carbons (Fsp3) is 0.263. The number of carbonyl (C=O) groups is 1. The van der Waals surface area contributed by atoms with E-state index in [1.165, 1.54) is 5.56 Å². The molecule has 2 rings (SSSR count). The molecule has 0 bridgehead atoms. The molecule has 0 atom stereocenters. The molecule has 132 valence electrons. The highest BCUT2D eigenvalue weighted by Gasteiger charge is 2.04. The second kappa shape index (κ2) is 9.22. The maximum absolute atomic E-state index is 11.8. The zero-order chi connectivity index (χ0) is 18.2. The summed E-state index contributed by atoms with van der Waals surface area (Å²) >= 11 is 3.41. The summed E-state index contributed by atoms with van der Waals surface area (Å²) in [5.74, 6) is 1.03. The van der Waals surface area contributed by atoms with E-state index in [2.05, 4.69) is 26.5 Å². The Morgan fingerprint density at radius 3 is 2.68 bits per heavy atom. The maximum atomic E-state index is 11.8. The van der Waals surface area contributed by atoms with Crippen LogP contribution in [-0.2, 0) is 4.79 Å². The third-order valence-corrected chi connectivity index (χ3v) is 4.01. The Labute approximate surface area is 156 Å². The number of rotatable bonds is 7. The number of ether oxygens (including phenoxy) is 2. The molecule has 0 aromatic heterocycles. The second-order valence-corrected chi connectivity index (χ2v) is 6.36. The molecule has 0 radical (unpaired) electrons. The van der Waals surface area contributed by atoms with Crippen molar-refractivity contribution >= 4 is 28.1 Å². The van der Waals surface area contributed by atoms with Crippen LogP contribution in [0.25, 0.3) is 0 Å². The molecule has 5 nitrogen and oxygen atoms in total. The van der Waals surface area contributed by atoms with Crippen molar-refractivity contribution in [2.45, 2.75) is 20.8 Å². The molecule has 0 heterocycles. The molecule has 2 aromatic rings. The zero-order valence-corrected chi connectivity index (χ0v) is 16.1. The van der Waals surface area contributed by atoms with E-state index in [4.69, 9.17) is 9.47 Å². The predicted octanol–water partition coefficient (Wildman–Crippen LogP) is 3.99. The molecule has 0 aliphatic rings. The topological polar surface area (TPSA) is 59.9 Å². The van der Waals surface area contributed by atoms with E-state index in [-0.39, 0.29) is 12.5 Å². The lowest BCUT2D eigenvalue weighted by Gasteiger charge is -2.08. The highest BCUT2D eigenvalue weighted by atomic mass is 79.9. The van der Waals surface area contributed by atoms with Crippen LogP contribution in [0.5, 0.6) is 11.5 Å². The number of benzene rings is 2. The minimum absolute atomic E-state index is 0.101. The third kappa shape index (κ3) is 5.90. The fourth-order valence-electron chi connectivity index (χ4n) is 2.07. The summed E-state index contributed by atoms with van der Waals surface area (Å²) in [6.07, 6.45) is 1.55. The number of hydrogen-bond acceptors (Lipinski definition) is 4. The van der Waals surface area contributed by atoms with E-state index < -0.39 is 0 Å². The van der Waals surface area contributed by atoms with Crippen LogP contribution in [-0.4, -0.2) is 25.3 Å². The van der Waals surface area contributed by atoms with E-state index in [1.54, 1.807) is 6.21 Å². The first-order valence-corrected chi connectivity index (χ1v) is 8.73. The molecule has 6 heteroatoms. The van der Waals surface area contributed by atoms with Crippen LogP contribution < -0.4 is 14.9 Å². The third-order valence-electron chi connectivity index (χ3n) is 3.51. The largest absolute Gasteiger partial charge is 0.493 e. The standard InChI is InChI=1S/C19H21BrN2O3/c1-4-24-18-8-6-16(20)10-15(18)11-21-22-19(23)12-25-17-7-5-13(2)14(3)9-17/h5-11H,4,12H2,1-3H3,(H,22,23)/b21-11+. The van der Waals surface area contributed by atoms with Gasteiger partial charge in [-0.25, -0.2) is 5.43 Å². The van der Waals surface area contributed by atoms with Crippen LogP contribution in [0.2, 0.25) is 0 Å².